The van der Waals surface area contributed by atoms with Crippen LogP contribution in [0.3, 0.4) is 0 Å². The van der Waals surface area contributed by atoms with E-state index in [2.05, 4.69) is 5.32 Å². The van der Waals surface area contributed by atoms with Gasteiger partial charge < -0.3 is 5.32 Å². The van der Waals surface area contributed by atoms with Crippen LogP contribution in [0.15, 0.2) is 0 Å². The van der Waals surface area contributed by atoms with Crippen molar-refractivity contribution in [1.29, 1.82) is 0 Å². The van der Waals surface area contributed by atoms with Crippen LogP contribution in [0, 0.1) is 5.92 Å². The van der Waals surface area contributed by atoms with Crippen molar-refractivity contribution in [2.45, 2.75) is 38.4 Å². The standard InChI is InChI=1S/C8H14F3N/c1-2-7-6(8(9,10)11)4-3-5-12-7/h6-7,12H,2-5H2,1H3/t6-,7+/m1/s1. The fraction of sp³-hybridized carbons (Fsp3) is 1.00. The molecule has 1 heterocycles. The van der Waals surface area contributed by atoms with Crippen molar-refractivity contribution < 1.29 is 13.2 Å². The van der Waals surface area contributed by atoms with Crippen molar-refractivity contribution in [3.63, 3.8) is 0 Å². The molecule has 0 aromatic rings. The third-order valence-electron chi connectivity index (χ3n) is 2.44. The quantitative estimate of drug-likeness (QED) is 0.654. The van der Waals surface area contributed by atoms with E-state index in [0.717, 1.165) is 6.54 Å². The average Bonchev–Trinajstić information content (AvgIpc) is 2.03. The second-order valence-electron chi connectivity index (χ2n) is 3.26. The molecule has 4 heteroatoms. The molecule has 1 nitrogen and oxygen atoms in total. The molecular formula is C8H14F3N. The van der Waals surface area contributed by atoms with E-state index in [1.165, 1.54) is 0 Å². The fourth-order valence-electron chi connectivity index (χ4n) is 1.77. The molecule has 0 aliphatic carbocycles. The summed E-state index contributed by atoms with van der Waals surface area (Å²) >= 11 is 0. The smallest absolute Gasteiger partial charge is 0.313 e. The van der Waals surface area contributed by atoms with Crippen molar-refractivity contribution in [3.8, 4) is 0 Å². The highest BCUT2D eigenvalue weighted by Crippen LogP contribution is 2.35. The van der Waals surface area contributed by atoms with Crippen LogP contribution < -0.4 is 5.32 Å². The Kier molecular flexibility index (Phi) is 2.99. The van der Waals surface area contributed by atoms with E-state index >= 15 is 0 Å². The first kappa shape index (κ1) is 9.84. The van der Waals surface area contributed by atoms with E-state index in [1.807, 2.05) is 0 Å². The van der Waals surface area contributed by atoms with Gasteiger partial charge >= 0.3 is 6.18 Å². The Morgan fingerprint density at radius 1 is 1.42 bits per heavy atom. The lowest BCUT2D eigenvalue weighted by molar-refractivity contribution is -0.188. The molecular weight excluding hydrogens is 167 g/mol. The maximum absolute atomic E-state index is 12.3. The molecule has 1 aliphatic heterocycles. The van der Waals surface area contributed by atoms with Crippen LogP contribution in [0.5, 0.6) is 0 Å². The zero-order chi connectivity index (χ0) is 9.19. The first-order valence-electron chi connectivity index (χ1n) is 4.35. The number of piperidine rings is 1. The van der Waals surface area contributed by atoms with Gasteiger partial charge in [0.2, 0.25) is 0 Å². The first-order chi connectivity index (χ1) is 5.55. The molecule has 0 amide bonds. The summed E-state index contributed by atoms with van der Waals surface area (Å²) in [6, 6.07) is -0.362. The van der Waals surface area contributed by atoms with Crippen molar-refractivity contribution in [2.24, 2.45) is 5.92 Å². The summed E-state index contributed by atoms with van der Waals surface area (Å²) in [5.41, 5.74) is 0. The average molecular weight is 181 g/mol. The molecule has 12 heavy (non-hydrogen) atoms. The van der Waals surface area contributed by atoms with Crippen LogP contribution in [0.25, 0.3) is 0 Å². The monoisotopic (exact) mass is 181 g/mol. The minimum Gasteiger partial charge on any atom is -0.313 e. The Morgan fingerprint density at radius 3 is 2.50 bits per heavy atom. The van der Waals surface area contributed by atoms with E-state index in [0.29, 0.717) is 12.8 Å². The van der Waals surface area contributed by atoms with Gasteiger partial charge in [-0.1, -0.05) is 6.92 Å². The number of hydrogen-bond donors (Lipinski definition) is 1. The van der Waals surface area contributed by atoms with Gasteiger partial charge in [0.1, 0.15) is 0 Å². The van der Waals surface area contributed by atoms with Gasteiger partial charge in [0.05, 0.1) is 5.92 Å². The molecule has 0 aromatic heterocycles. The van der Waals surface area contributed by atoms with Gasteiger partial charge in [-0.2, -0.15) is 13.2 Å². The summed E-state index contributed by atoms with van der Waals surface area (Å²) in [5, 5.41) is 2.91. The summed E-state index contributed by atoms with van der Waals surface area (Å²) in [5.74, 6) is -1.13. The van der Waals surface area contributed by atoms with E-state index < -0.39 is 12.1 Å². The molecule has 1 N–H and O–H groups in total. The largest absolute Gasteiger partial charge is 0.393 e. The summed E-state index contributed by atoms with van der Waals surface area (Å²) in [4.78, 5) is 0. The predicted molar refractivity (Wildman–Crippen MR) is 40.9 cm³/mol. The SMILES string of the molecule is CC[C@@H]1NCCC[C@H]1C(F)(F)F. The Bertz CT molecular complexity index is 144. The number of halogens is 3. The summed E-state index contributed by atoms with van der Waals surface area (Å²) in [6.45, 7) is 2.52. The Hall–Kier alpha value is -0.250. The van der Waals surface area contributed by atoms with Gasteiger partial charge in [-0.15, -0.1) is 0 Å². The number of nitrogens with one attached hydrogen (secondary N) is 1. The van der Waals surface area contributed by atoms with Gasteiger partial charge in [-0.3, -0.25) is 0 Å². The molecule has 72 valence electrons. The zero-order valence-electron chi connectivity index (χ0n) is 7.12. The Morgan fingerprint density at radius 2 is 2.08 bits per heavy atom. The van der Waals surface area contributed by atoms with Crippen LogP contribution in [0.4, 0.5) is 13.2 Å². The van der Waals surface area contributed by atoms with Crippen molar-refractivity contribution >= 4 is 0 Å². The highest BCUT2D eigenvalue weighted by atomic mass is 19.4. The summed E-state index contributed by atoms with van der Waals surface area (Å²) < 4.78 is 37.0. The molecule has 0 unspecified atom stereocenters. The second-order valence-corrected chi connectivity index (χ2v) is 3.26. The van der Waals surface area contributed by atoms with Crippen LogP contribution in [0.1, 0.15) is 26.2 Å². The van der Waals surface area contributed by atoms with Gasteiger partial charge in [-0.25, -0.2) is 0 Å². The molecule has 1 saturated heterocycles. The topological polar surface area (TPSA) is 12.0 Å². The Labute approximate surface area is 70.3 Å². The molecule has 1 aliphatic rings. The number of rotatable bonds is 1. The molecule has 0 aromatic carbocycles. The maximum Gasteiger partial charge on any atom is 0.393 e. The van der Waals surface area contributed by atoms with Crippen LogP contribution >= 0.6 is 0 Å². The molecule has 1 rings (SSSR count). The Balaban J connectivity index is 2.59. The molecule has 0 saturated carbocycles. The number of hydrogen-bond acceptors (Lipinski definition) is 1. The molecule has 2 atom stereocenters. The lowest BCUT2D eigenvalue weighted by Crippen LogP contribution is -2.47. The first-order valence-corrected chi connectivity index (χ1v) is 4.35. The normalized spacial score (nSPS) is 32.0. The minimum atomic E-state index is -4.02. The van der Waals surface area contributed by atoms with Crippen molar-refractivity contribution in [1.82, 2.24) is 5.32 Å². The van der Waals surface area contributed by atoms with Crippen molar-refractivity contribution in [2.75, 3.05) is 6.54 Å². The number of alkyl halides is 3. The van der Waals surface area contributed by atoms with E-state index in [1.54, 1.807) is 6.92 Å². The van der Waals surface area contributed by atoms with Gasteiger partial charge in [0.25, 0.3) is 0 Å². The predicted octanol–water partition coefficient (Wildman–Crippen LogP) is 2.33. The zero-order valence-corrected chi connectivity index (χ0v) is 7.12. The van der Waals surface area contributed by atoms with Crippen molar-refractivity contribution in [3.05, 3.63) is 0 Å². The summed E-state index contributed by atoms with van der Waals surface area (Å²) in [7, 11) is 0. The maximum atomic E-state index is 12.3. The van der Waals surface area contributed by atoms with Crippen LogP contribution in [-0.4, -0.2) is 18.8 Å². The second kappa shape index (κ2) is 3.64. The summed E-state index contributed by atoms with van der Waals surface area (Å²) in [6.07, 6.45) is -2.53. The molecule has 0 spiro atoms. The van der Waals surface area contributed by atoms with E-state index in [9.17, 15) is 13.2 Å². The third-order valence-corrected chi connectivity index (χ3v) is 2.44. The van der Waals surface area contributed by atoms with E-state index in [4.69, 9.17) is 0 Å². The van der Waals surface area contributed by atoms with Gasteiger partial charge in [0, 0.05) is 6.04 Å². The minimum absolute atomic E-state index is 0.287. The highest BCUT2D eigenvalue weighted by molar-refractivity contribution is 4.84. The van der Waals surface area contributed by atoms with Gasteiger partial charge in [0.15, 0.2) is 0 Å². The van der Waals surface area contributed by atoms with Crippen LogP contribution in [0.2, 0.25) is 0 Å². The lowest BCUT2D eigenvalue weighted by Gasteiger charge is -2.33. The van der Waals surface area contributed by atoms with Crippen LogP contribution in [-0.2, 0) is 0 Å². The molecule has 0 bridgehead atoms. The van der Waals surface area contributed by atoms with E-state index in [-0.39, 0.29) is 12.5 Å². The van der Waals surface area contributed by atoms with Gasteiger partial charge in [-0.05, 0) is 25.8 Å². The lowest BCUT2D eigenvalue weighted by atomic mass is 9.89. The third kappa shape index (κ3) is 2.12. The molecule has 0 radical (unpaired) electrons. The molecule has 1 fully saturated rings. The highest BCUT2D eigenvalue weighted by Gasteiger charge is 2.44. The fourth-order valence-corrected chi connectivity index (χ4v) is 1.77.